The smallest absolute Gasteiger partial charge is 0.192 e. The van der Waals surface area contributed by atoms with E-state index < -0.39 is 0 Å². The fourth-order valence-electron chi connectivity index (χ4n) is 2.37. The normalized spacial score (nSPS) is 13.9. The van der Waals surface area contributed by atoms with Crippen molar-refractivity contribution >= 4 is 22.6 Å². The maximum absolute atomic E-state index is 12.2. The Bertz CT molecular complexity index is 633. The van der Waals surface area contributed by atoms with E-state index in [0.717, 1.165) is 27.5 Å². The molecule has 2 aromatic carbocycles. The van der Waals surface area contributed by atoms with Crippen molar-refractivity contribution in [3.8, 4) is 0 Å². The molecule has 0 spiro atoms. The average molecular weight is 224 g/mol. The van der Waals surface area contributed by atoms with Gasteiger partial charge in [0.25, 0.3) is 0 Å². The van der Waals surface area contributed by atoms with E-state index in [1.807, 2.05) is 42.5 Å². The van der Waals surface area contributed by atoms with Crippen LogP contribution >= 0.6 is 0 Å². The summed E-state index contributed by atoms with van der Waals surface area (Å²) in [4.78, 5) is 12.2. The summed E-state index contributed by atoms with van der Waals surface area (Å²) in [5.74, 6) is 0.0798. The van der Waals surface area contributed by atoms with Gasteiger partial charge in [-0.3, -0.25) is 4.79 Å². The molecule has 0 heterocycles. The van der Waals surface area contributed by atoms with Crippen LogP contribution in [0.4, 0.5) is 0 Å². The summed E-state index contributed by atoms with van der Waals surface area (Å²) in [5, 5.41) is 2.17. The second kappa shape index (κ2) is 3.82. The van der Waals surface area contributed by atoms with Crippen molar-refractivity contribution in [1.82, 2.24) is 0 Å². The summed E-state index contributed by atoms with van der Waals surface area (Å²) in [5.41, 5.74) is 2.61. The Morgan fingerprint density at radius 3 is 2.65 bits per heavy atom. The van der Waals surface area contributed by atoms with Crippen molar-refractivity contribution in [1.29, 1.82) is 0 Å². The van der Waals surface area contributed by atoms with Crippen LogP contribution in [-0.4, -0.2) is 19.5 Å². The molecule has 2 aromatic rings. The SMILES string of the molecule is COCC1=Cc2cccc3cccc(c23)C1=O. The lowest BCUT2D eigenvalue weighted by atomic mass is 9.88. The average Bonchev–Trinajstić information content (AvgIpc) is 2.36. The molecule has 1 aliphatic carbocycles. The first-order valence-corrected chi connectivity index (χ1v) is 5.57. The van der Waals surface area contributed by atoms with Crippen LogP contribution in [0.2, 0.25) is 0 Å². The molecule has 0 saturated carbocycles. The number of carbonyl (C=O) groups excluding carboxylic acids is 1. The second-order valence-corrected chi connectivity index (χ2v) is 4.18. The van der Waals surface area contributed by atoms with Crippen molar-refractivity contribution in [2.24, 2.45) is 0 Å². The standard InChI is InChI=1S/C15H12O2/c1-17-9-12-8-11-6-2-4-10-5-3-7-13(14(10)11)15(12)16/h2-8H,9H2,1H3. The van der Waals surface area contributed by atoms with Crippen LogP contribution in [0.1, 0.15) is 15.9 Å². The summed E-state index contributed by atoms with van der Waals surface area (Å²) in [6.45, 7) is 0.365. The van der Waals surface area contributed by atoms with Crippen LogP contribution in [0.3, 0.4) is 0 Å². The Morgan fingerprint density at radius 1 is 1.12 bits per heavy atom. The molecular weight excluding hydrogens is 212 g/mol. The van der Waals surface area contributed by atoms with Crippen LogP contribution in [0, 0.1) is 0 Å². The lowest BCUT2D eigenvalue weighted by Crippen LogP contribution is -2.12. The lowest BCUT2D eigenvalue weighted by Gasteiger charge is -2.16. The summed E-state index contributed by atoms with van der Waals surface area (Å²) in [6, 6.07) is 11.9. The van der Waals surface area contributed by atoms with Gasteiger partial charge in [-0.05, 0) is 17.0 Å². The Balaban J connectivity index is 2.33. The topological polar surface area (TPSA) is 26.3 Å². The van der Waals surface area contributed by atoms with E-state index in [1.54, 1.807) is 7.11 Å². The van der Waals surface area contributed by atoms with Crippen LogP contribution in [0.25, 0.3) is 16.8 Å². The van der Waals surface area contributed by atoms with E-state index in [0.29, 0.717) is 6.61 Å². The Hall–Kier alpha value is -1.93. The second-order valence-electron chi connectivity index (χ2n) is 4.18. The molecule has 0 aromatic heterocycles. The molecule has 0 bridgehead atoms. The van der Waals surface area contributed by atoms with Crippen molar-refractivity contribution in [3.63, 3.8) is 0 Å². The number of Topliss-reactive ketones (excluding diaryl/α,β-unsaturated/α-hetero) is 1. The van der Waals surface area contributed by atoms with Gasteiger partial charge in [-0.15, -0.1) is 0 Å². The predicted octanol–water partition coefficient (Wildman–Crippen LogP) is 3.07. The highest BCUT2D eigenvalue weighted by Gasteiger charge is 2.20. The first-order valence-electron chi connectivity index (χ1n) is 5.57. The van der Waals surface area contributed by atoms with E-state index in [2.05, 4.69) is 0 Å². The van der Waals surface area contributed by atoms with Crippen LogP contribution < -0.4 is 0 Å². The molecule has 0 unspecified atom stereocenters. The van der Waals surface area contributed by atoms with Gasteiger partial charge >= 0.3 is 0 Å². The van der Waals surface area contributed by atoms with Gasteiger partial charge in [-0.2, -0.15) is 0 Å². The zero-order valence-corrected chi connectivity index (χ0v) is 9.57. The molecule has 1 aliphatic rings. The molecule has 17 heavy (non-hydrogen) atoms. The first-order chi connectivity index (χ1) is 8.31. The van der Waals surface area contributed by atoms with E-state index in [-0.39, 0.29) is 5.78 Å². The van der Waals surface area contributed by atoms with E-state index in [4.69, 9.17) is 4.74 Å². The fourth-order valence-corrected chi connectivity index (χ4v) is 2.37. The minimum absolute atomic E-state index is 0.0798. The summed E-state index contributed by atoms with van der Waals surface area (Å²) < 4.78 is 5.07. The van der Waals surface area contributed by atoms with Gasteiger partial charge in [-0.1, -0.05) is 36.4 Å². The molecule has 0 saturated heterocycles. The number of ether oxygens (including phenoxy) is 1. The molecule has 0 amide bonds. The number of benzene rings is 2. The summed E-state index contributed by atoms with van der Waals surface area (Å²) >= 11 is 0. The van der Waals surface area contributed by atoms with Gasteiger partial charge in [0.1, 0.15) is 0 Å². The predicted molar refractivity (Wildman–Crippen MR) is 68.1 cm³/mol. The molecule has 0 aliphatic heterocycles. The molecule has 84 valence electrons. The third-order valence-electron chi connectivity index (χ3n) is 3.10. The van der Waals surface area contributed by atoms with Crippen LogP contribution in [0.5, 0.6) is 0 Å². The number of rotatable bonds is 2. The Kier molecular flexibility index (Phi) is 2.30. The third kappa shape index (κ3) is 1.49. The highest BCUT2D eigenvalue weighted by Crippen LogP contribution is 2.31. The monoisotopic (exact) mass is 224 g/mol. The zero-order chi connectivity index (χ0) is 11.8. The van der Waals surface area contributed by atoms with Gasteiger partial charge in [0.05, 0.1) is 6.61 Å². The van der Waals surface area contributed by atoms with Crippen molar-refractivity contribution in [2.75, 3.05) is 13.7 Å². The highest BCUT2D eigenvalue weighted by atomic mass is 16.5. The molecule has 3 rings (SSSR count). The fraction of sp³-hybridized carbons (Fsp3) is 0.133. The summed E-state index contributed by atoms with van der Waals surface area (Å²) in [6.07, 6.45) is 1.93. The molecule has 0 radical (unpaired) electrons. The van der Waals surface area contributed by atoms with Crippen molar-refractivity contribution in [2.45, 2.75) is 0 Å². The Labute approximate surface area is 99.5 Å². The molecule has 2 nitrogen and oxygen atoms in total. The molecule has 0 N–H and O–H groups in total. The van der Waals surface area contributed by atoms with E-state index in [9.17, 15) is 4.79 Å². The minimum atomic E-state index is 0.0798. The van der Waals surface area contributed by atoms with E-state index in [1.165, 1.54) is 0 Å². The third-order valence-corrected chi connectivity index (χ3v) is 3.10. The number of ketones is 1. The highest BCUT2D eigenvalue weighted by molar-refractivity contribution is 6.22. The molecule has 2 heteroatoms. The maximum atomic E-state index is 12.2. The first kappa shape index (κ1) is 10.2. The number of hydrogen-bond donors (Lipinski definition) is 0. The molecular formula is C15H12O2. The minimum Gasteiger partial charge on any atom is -0.380 e. The lowest BCUT2D eigenvalue weighted by molar-refractivity contribution is 0.101. The van der Waals surface area contributed by atoms with Crippen molar-refractivity contribution < 1.29 is 9.53 Å². The van der Waals surface area contributed by atoms with Gasteiger partial charge < -0.3 is 4.74 Å². The zero-order valence-electron chi connectivity index (χ0n) is 9.57. The quantitative estimate of drug-likeness (QED) is 0.783. The number of methoxy groups -OCH3 is 1. The number of hydrogen-bond acceptors (Lipinski definition) is 2. The summed E-state index contributed by atoms with van der Waals surface area (Å²) in [7, 11) is 1.61. The van der Waals surface area contributed by atoms with Crippen LogP contribution in [0.15, 0.2) is 42.0 Å². The molecule has 0 atom stereocenters. The van der Waals surface area contributed by atoms with Crippen molar-refractivity contribution in [3.05, 3.63) is 53.1 Å². The Morgan fingerprint density at radius 2 is 1.88 bits per heavy atom. The van der Waals surface area contributed by atoms with Gasteiger partial charge in [0.15, 0.2) is 5.78 Å². The number of carbonyl (C=O) groups is 1. The maximum Gasteiger partial charge on any atom is 0.192 e. The molecule has 0 fully saturated rings. The van der Waals surface area contributed by atoms with Gasteiger partial charge in [-0.25, -0.2) is 0 Å². The van der Waals surface area contributed by atoms with Gasteiger partial charge in [0.2, 0.25) is 0 Å². The van der Waals surface area contributed by atoms with E-state index >= 15 is 0 Å². The van der Waals surface area contributed by atoms with Crippen LogP contribution in [-0.2, 0) is 4.74 Å². The van der Waals surface area contributed by atoms with Gasteiger partial charge in [0, 0.05) is 23.6 Å². The largest absolute Gasteiger partial charge is 0.380 e.